The molecule has 1 heterocycles. The molecule has 5 atom stereocenters. The zero-order chi connectivity index (χ0) is 20.6. The van der Waals surface area contributed by atoms with Crippen LogP contribution < -0.4 is 9.47 Å². The van der Waals surface area contributed by atoms with Crippen LogP contribution in [0.5, 0.6) is 11.5 Å². The number of unbranched alkanes of at least 4 members (excludes halogenated alkanes) is 1. The summed E-state index contributed by atoms with van der Waals surface area (Å²) < 4.78 is 10.7. The highest BCUT2D eigenvalue weighted by atomic mass is 16.5. The number of hydrogen-bond acceptors (Lipinski definition) is 4. The molecule has 0 aromatic heterocycles. The number of carbonyl (C=O) groups is 1. The third-order valence-electron chi connectivity index (χ3n) is 7.04. The molecule has 2 fully saturated rings. The number of aliphatic hydroxyl groups is 1. The van der Waals surface area contributed by atoms with E-state index in [1.165, 1.54) is 0 Å². The first-order valence-electron chi connectivity index (χ1n) is 10.6. The molecule has 1 saturated carbocycles. The van der Waals surface area contributed by atoms with Crippen molar-refractivity contribution in [3.63, 3.8) is 0 Å². The van der Waals surface area contributed by atoms with Crippen molar-refractivity contribution in [1.82, 2.24) is 4.90 Å². The lowest BCUT2D eigenvalue weighted by Gasteiger charge is -2.39. The molecule has 3 aliphatic rings. The predicted octanol–water partition coefficient (Wildman–Crippen LogP) is 3.57. The maximum absolute atomic E-state index is 13.3. The Morgan fingerprint density at radius 3 is 2.72 bits per heavy atom. The molecule has 5 heteroatoms. The van der Waals surface area contributed by atoms with Gasteiger partial charge in [0.25, 0.3) is 0 Å². The minimum atomic E-state index is -1.06. The number of allylic oxidation sites excluding steroid dienone is 3. The lowest BCUT2D eigenvalue weighted by Crippen LogP contribution is -2.51. The van der Waals surface area contributed by atoms with E-state index in [0.29, 0.717) is 36.8 Å². The molecule has 1 N–H and O–H groups in total. The van der Waals surface area contributed by atoms with Gasteiger partial charge in [0, 0.05) is 12.5 Å². The molecule has 0 spiro atoms. The van der Waals surface area contributed by atoms with E-state index in [0.717, 1.165) is 24.8 Å². The molecule has 1 amide bonds. The first kappa shape index (κ1) is 20.0. The van der Waals surface area contributed by atoms with Gasteiger partial charge in [-0.1, -0.05) is 24.3 Å². The monoisotopic (exact) mass is 397 g/mol. The molecule has 4 rings (SSSR count). The number of methoxy groups -OCH3 is 2. The van der Waals surface area contributed by atoms with Crippen LogP contribution in [0.4, 0.5) is 0 Å². The van der Waals surface area contributed by atoms with E-state index in [9.17, 15) is 9.90 Å². The molecular formula is C24H31NO4. The fourth-order valence-electron chi connectivity index (χ4n) is 5.73. The van der Waals surface area contributed by atoms with E-state index < -0.39 is 5.72 Å². The van der Waals surface area contributed by atoms with Crippen LogP contribution in [-0.4, -0.2) is 42.4 Å². The second-order valence-corrected chi connectivity index (χ2v) is 8.49. The summed E-state index contributed by atoms with van der Waals surface area (Å²) in [6.45, 7) is 4.30. The topological polar surface area (TPSA) is 59.0 Å². The minimum absolute atomic E-state index is 0.0141. The average Bonchev–Trinajstić information content (AvgIpc) is 3.40. The Hall–Kier alpha value is -2.27. The summed E-state index contributed by atoms with van der Waals surface area (Å²) in [5, 5.41) is 11.8. The van der Waals surface area contributed by atoms with Crippen molar-refractivity contribution in [3.05, 3.63) is 48.6 Å². The molecule has 1 aromatic rings. The Kier molecular flexibility index (Phi) is 5.43. The number of hydrogen-bond donors (Lipinski definition) is 1. The fourth-order valence-corrected chi connectivity index (χ4v) is 5.73. The maximum atomic E-state index is 13.3. The van der Waals surface area contributed by atoms with Gasteiger partial charge >= 0.3 is 0 Å². The fraction of sp³-hybridized carbons (Fsp3) is 0.542. The third kappa shape index (κ3) is 3.25. The molecule has 0 radical (unpaired) electrons. The quantitative estimate of drug-likeness (QED) is 0.511. The number of nitrogens with zero attached hydrogens (tertiary/aromatic N) is 1. The molecule has 156 valence electrons. The number of benzene rings is 1. The Balaban J connectivity index is 1.55. The van der Waals surface area contributed by atoms with E-state index in [-0.39, 0.29) is 23.7 Å². The highest BCUT2D eigenvalue weighted by Crippen LogP contribution is 2.58. The van der Waals surface area contributed by atoms with Crippen molar-refractivity contribution < 1.29 is 19.4 Å². The van der Waals surface area contributed by atoms with Gasteiger partial charge in [0.2, 0.25) is 5.91 Å². The Morgan fingerprint density at radius 2 is 2.00 bits per heavy atom. The van der Waals surface area contributed by atoms with Crippen LogP contribution in [0.1, 0.15) is 31.2 Å². The number of amides is 1. The first-order valence-corrected chi connectivity index (χ1v) is 10.6. The van der Waals surface area contributed by atoms with Gasteiger partial charge in [-0.15, -0.1) is 6.58 Å². The summed E-state index contributed by atoms with van der Waals surface area (Å²) in [5.41, 5.74) is -0.00654. The Labute approximate surface area is 173 Å². The number of rotatable bonds is 9. The van der Waals surface area contributed by atoms with Crippen LogP contribution in [0, 0.1) is 23.7 Å². The molecule has 1 unspecified atom stereocenters. The van der Waals surface area contributed by atoms with E-state index in [1.807, 2.05) is 24.3 Å². The smallest absolute Gasteiger partial charge is 0.229 e. The number of likely N-dealkylation sites (tertiary alicyclic amines) is 1. The van der Waals surface area contributed by atoms with Gasteiger partial charge in [-0.05, 0) is 61.6 Å². The highest BCUT2D eigenvalue weighted by Gasteiger charge is 2.65. The van der Waals surface area contributed by atoms with E-state index in [2.05, 4.69) is 18.7 Å². The Morgan fingerprint density at radius 1 is 1.24 bits per heavy atom. The Bertz CT molecular complexity index is 819. The van der Waals surface area contributed by atoms with Crippen LogP contribution >= 0.6 is 0 Å². The minimum Gasteiger partial charge on any atom is -0.493 e. The van der Waals surface area contributed by atoms with Gasteiger partial charge in [0.05, 0.1) is 20.1 Å². The predicted molar refractivity (Wildman–Crippen MR) is 112 cm³/mol. The van der Waals surface area contributed by atoms with Crippen molar-refractivity contribution in [2.75, 3.05) is 20.8 Å². The molecule has 1 aliphatic heterocycles. The summed E-state index contributed by atoms with van der Waals surface area (Å²) in [6.07, 6.45) is 10.3. The van der Waals surface area contributed by atoms with E-state index >= 15 is 0 Å². The molecule has 2 aliphatic carbocycles. The molecule has 1 aromatic carbocycles. The summed E-state index contributed by atoms with van der Waals surface area (Å²) in [4.78, 5) is 15.1. The summed E-state index contributed by atoms with van der Waals surface area (Å²) in [7, 11) is 3.23. The van der Waals surface area contributed by atoms with Gasteiger partial charge in [-0.3, -0.25) is 4.79 Å². The van der Waals surface area contributed by atoms with Crippen molar-refractivity contribution in [2.24, 2.45) is 23.7 Å². The van der Waals surface area contributed by atoms with Crippen molar-refractivity contribution in [3.8, 4) is 11.5 Å². The van der Waals surface area contributed by atoms with Crippen LogP contribution in [-0.2, 0) is 11.2 Å². The zero-order valence-electron chi connectivity index (χ0n) is 17.3. The third-order valence-corrected chi connectivity index (χ3v) is 7.04. The molecule has 2 bridgehead atoms. The summed E-state index contributed by atoms with van der Waals surface area (Å²) in [5.74, 6) is 2.03. The molecular weight excluding hydrogens is 366 g/mol. The van der Waals surface area contributed by atoms with E-state index in [4.69, 9.17) is 9.47 Å². The van der Waals surface area contributed by atoms with Gasteiger partial charge in [-0.25, -0.2) is 0 Å². The standard InChI is InChI=1S/C24H31NO4/c1-4-5-6-12-24(27)22-18-9-8-17(15-18)21(22)23(26)25(24)13-11-16-7-10-19(28-2)20(14-16)29-3/h4,7-10,14,17-18,21-22,27H,1,5-6,11-13,15H2,2-3H3/t17-,18+,21-,22+,24?/m1/s1. The van der Waals surface area contributed by atoms with Crippen molar-refractivity contribution in [1.29, 1.82) is 0 Å². The zero-order valence-corrected chi connectivity index (χ0v) is 17.3. The van der Waals surface area contributed by atoms with Crippen molar-refractivity contribution in [2.45, 2.75) is 37.8 Å². The molecule has 29 heavy (non-hydrogen) atoms. The number of fused-ring (bicyclic) bond motifs is 5. The summed E-state index contributed by atoms with van der Waals surface area (Å²) >= 11 is 0. The van der Waals surface area contributed by atoms with Gasteiger partial charge in [0.15, 0.2) is 11.5 Å². The van der Waals surface area contributed by atoms with Gasteiger partial charge in [-0.2, -0.15) is 0 Å². The van der Waals surface area contributed by atoms with Gasteiger partial charge < -0.3 is 19.5 Å². The number of ether oxygens (including phenoxy) is 2. The SMILES string of the molecule is C=CCCCC1(O)[C@@H]2[C@H](C(=O)N1CCc1ccc(OC)c(OC)c1)[C@@H]1C=C[C@H]2C1. The van der Waals surface area contributed by atoms with E-state index in [1.54, 1.807) is 19.1 Å². The molecule has 1 saturated heterocycles. The van der Waals surface area contributed by atoms with Crippen LogP contribution in [0.2, 0.25) is 0 Å². The number of carbonyl (C=O) groups excluding carboxylic acids is 1. The summed E-state index contributed by atoms with van der Waals surface area (Å²) in [6, 6.07) is 5.82. The van der Waals surface area contributed by atoms with Crippen LogP contribution in [0.3, 0.4) is 0 Å². The van der Waals surface area contributed by atoms with Crippen molar-refractivity contribution >= 4 is 5.91 Å². The lowest BCUT2D eigenvalue weighted by atomic mass is 9.78. The average molecular weight is 398 g/mol. The van der Waals surface area contributed by atoms with Crippen LogP contribution in [0.25, 0.3) is 0 Å². The first-order chi connectivity index (χ1) is 14.0. The second-order valence-electron chi connectivity index (χ2n) is 8.49. The molecule has 5 nitrogen and oxygen atoms in total. The highest BCUT2D eigenvalue weighted by molar-refractivity contribution is 5.84. The lowest BCUT2D eigenvalue weighted by molar-refractivity contribution is -0.155. The van der Waals surface area contributed by atoms with Gasteiger partial charge in [0.1, 0.15) is 5.72 Å². The largest absolute Gasteiger partial charge is 0.493 e. The second kappa shape index (κ2) is 7.86. The normalized spacial score (nSPS) is 32.0. The van der Waals surface area contributed by atoms with Crippen LogP contribution in [0.15, 0.2) is 43.0 Å². The maximum Gasteiger partial charge on any atom is 0.229 e.